The molecule has 0 aliphatic heterocycles. The Balaban J connectivity index is 2.41. The molecule has 1 aromatic carbocycles. The first-order valence-electron chi connectivity index (χ1n) is 5.62. The van der Waals surface area contributed by atoms with Crippen molar-refractivity contribution in [3.05, 3.63) is 62.9 Å². The number of hydrogen-bond acceptors (Lipinski definition) is 2. The molecule has 0 fully saturated rings. The van der Waals surface area contributed by atoms with E-state index in [1.165, 1.54) is 0 Å². The van der Waals surface area contributed by atoms with E-state index in [1.54, 1.807) is 12.1 Å². The Hall–Kier alpha value is -1.09. The SMILES string of the molecule is Cc1cnc(C(N)c2ccc(Cl)c(Cl)c2)c(C)c1. The lowest BCUT2D eigenvalue weighted by Crippen LogP contribution is -2.15. The van der Waals surface area contributed by atoms with Gasteiger partial charge in [0.05, 0.1) is 21.8 Å². The van der Waals surface area contributed by atoms with Crippen LogP contribution in [0.5, 0.6) is 0 Å². The third-order valence-corrected chi connectivity index (χ3v) is 3.59. The molecule has 0 saturated heterocycles. The lowest BCUT2D eigenvalue weighted by Gasteiger charge is -2.15. The topological polar surface area (TPSA) is 38.9 Å². The van der Waals surface area contributed by atoms with Crippen LogP contribution in [0.3, 0.4) is 0 Å². The molecular weight excluding hydrogens is 267 g/mol. The summed E-state index contributed by atoms with van der Waals surface area (Å²) in [5, 5.41) is 1.04. The Kier molecular flexibility index (Phi) is 3.91. The highest BCUT2D eigenvalue weighted by Crippen LogP contribution is 2.28. The van der Waals surface area contributed by atoms with Crippen molar-refractivity contribution >= 4 is 23.2 Å². The first-order chi connectivity index (χ1) is 8.49. The van der Waals surface area contributed by atoms with E-state index in [4.69, 9.17) is 28.9 Å². The summed E-state index contributed by atoms with van der Waals surface area (Å²) in [4.78, 5) is 4.41. The second-order valence-corrected chi connectivity index (χ2v) is 5.18. The summed E-state index contributed by atoms with van der Waals surface area (Å²) < 4.78 is 0. The number of rotatable bonds is 2. The molecule has 0 saturated carbocycles. The van der Waals surface area contributed by atoms with Gasteiger partial charge in [-0.05, 0) is 42.7 Å². The van der Waals surface area contributed by atoms with E-state index >= 15 is 0 Å². The lowest BCUT2D eigenvalue weighted by atomic mass is 10.0. The zero-order valence-corrected chi connectivity index (χ0v) is 11.8. The molecule has 4 heteroatoms. The van der Waals surface area contributed by atoms with Gasteiger partial charge >= 0.3 is 0 Å². The van der Waals surface area contributed by atoms with Gasteiger partial charge in [0.25, 0.3) is 0 Å². The molecule has 0 aliphatic rings. The molecule has 0 aliphatic carbocycles. The third kappa shape index (κ3) is 2.66. The molecule has 0 spiro atoms. The minimum Gasteiger partial charge on any atom is -0.319 e. The third-order valence-electron chi connectivity index (χ3n) is 2.85. The number of hydrogen-bond donors (Lipinski definition) is 1. The standard InChI is InChI=1S/C14H14Cl2N2/c1-8-5-9(2)14(18-7-8)13(17)10-3-4-11(15)12(16)6-10/h3-7,13H,17H2,1-2H3. The monoisotopic (exact) mass is 280 g/mol. The van der Waals surface area contributed by atoms with Gasteiger partial charge in [-0.3, -0.25) is 4.98 Å². The predicted octanol–water partition coefficient (Wildman–Crippen LogP) is 4.05. The second-order valence-electron chi connectivity index (χ2n) is 4.37. The molecule has 1 heterocycles. The predicted molar refractivity (Wildman–Crippen MR) is 76.2 cm³/mol. The van der Waals surface area contributed by atoms with E-state index in [-0.39, 0.29) is 6.04 Å². The van der Waals surface area contributed by atoms with Gasteiger partial charge in [0, 0.05) is 6.20 Å². The van der Waals surface area contributed by atoms with Crippen LogP contribution < -0.4 is 5.73 Å². The molecule has 0 amide bonds. The summed E-state index contributed by atoms with van der Waals surface area (Å²) in [6.45, 7) is 4.02. The molecule has 1 unspecified atom stereocenters. The van der Waals surface area contributed by atoms with Crippen molar-refractivity contribution in [2.45, 2.75) is 19.9 Å². The molecule has 18 heavy (non-hydrogen) atoms. The number of nitrogens with two attached hydrogens (primary N) is 1. The van der Waals surface area contributed by atoms with Crippen LogP contribution in [0.25, 0.3) is 0 Å². The zero-order chi connectivity index (χ0) is 13.3. The highest BCUT2D eigenvalue weighted by Gasteiger charge is 2.14. The Bertz CT molecular complexity index is 582. The Labute approximate surface area is 117 Å². The minimum atomic E-state index is -0.291. The molecule has 2 nitrogen and oxygen atoms in total. The fourth-order valence-electron chi connectivity index (χ4n) is 1.92. The zero-order valence-electron chi connectivity index (χ0n) is 10.2. The fraction of sp³-hybridized carbons (Fsp3) is 0.214. The maximum absolute atomic E-state index is 6.22. The van der Waals surface area contributed by atoms with E-state index < -0.39 is 0 Å². The lowest BCUT2D eigenvalue weighted by molar-refractivity contribution is 0.816. The van der Waals surface area contributed by atoms with Gasteiger partial charge in [0.1, 0.15) is 0 Å². The molecule has 94 valence electrons. The van der Waals surface area contributed by atoms with Gasteiger partial charge in [-0.15, -0.1) is 0 Å². The van der Waals surface area contributed by atoms with Crippen LogP contribution in [0.4, 0.5) is 0 Å². The average Bonchev–Trinajstić information content (AvgIpc) is 2.32. The van der Waals surface area contributed by atoms with Crippen LogP contribution in [-0.2, 0) is 0 Å². The summed E-state index contributed by atoms with van der Waals surface area (Å²) in [6, 6.07) is 7.19. The van der Waals surface area contributed by atoms with Gasteiger partial charge in [0.15, 0.2) is 0 Å². The van der Waals surface area contributed by atoms with Crippen molar-refractivity contribution < 1.29 is 0 Å². The summed E-state index contributed by atoms with van der Waals surface area (Å²) in [7, 11) is 0. The Morgan fingerprint density at radius 2 is 1.83 bits per heavy atom. The van der Waals surface area contributed by atoms with Gasteiger partial charge in [-0.2, -0.15) is 0 Å². The second kappa shape index (κ2) is 5.27. The van der Waals surface area contributed by atoms with Crippen LogP contribution in [0.15, 0.2) is 30.5 Å². The Morgan fingerprint density at radius 3 is 2.44 bits per heavy atom. The van der Waals surface area contributed by atoms with Crippen LogP contribution in [-0.4, -0.2) is 4.98 Å². The molecule has 0 bridgehead atoms. The van der Waals surface area contributed by atoms with Crippen molar-refractivity contribution in [1.82, 2.24) is 4.98 Å². The highest BCUT2D eigenvalue weighted by molar-refractivity contribution is 6.42. The molecule has 1 aromatic heterocycles. The summed E-state index contributed by atoms with van der Waals surface area (Å²) in [5.74, 6) is 0. The molecule has 0 radical (unpaired) electrons. The van der Waals surface area contributed by atoms with Gasteiger partial charge in [-0.1, -0.05) is 35.3 Å². The summed E-state index contributed by atoms with van der Waals surface area (Å²) in [6.07, 6.45) is 1.82. The van der Waals surface area contributed by atoms with E-state index in [0.29, 0.717) is 10.0 Å². The van der Waals surface area contributed by atoms with E-state index in [0.717, 1.165) is 22.4 Å². The average molecular weight is 281 g/mol. The van der Waals surface area contributed by atoms with Crippen LogP contribution >= 0.6 is 23.2 Å². The van der Waals surface area contributed by atoms with E-state index in [9.17, 15) is 0 Å². The molecule has 2 N–H and O–H groups in total. The van der Waals surface area contributed by atoms with Crippen LogP contribution in [0, 0.1) is 13.8 Å². The van der Waals surface area contributed by atoms with Crippen molar-refractivity contribution in [2.24, 2.45) is 5.73 Å². The maximum atomic E-state index is 6.22. The number of aryl methyl sites for hydroxylation is 2. The molecule has 2 aromatic rings. The van der Waals surface area contributed by atoms with E-state index in [1.807, 2.05) is 26.1 Å². The number of halogens is 2. The molecular formula is C14H14Cl2N2. The van der Waals surface area contributed by atoms with Crippen molar-refractivity contribution in [3.8, 4) is 0 Å². The number of nitrogens with zero attached hydrogens (tertiary/aromatic N) is 1. The normalized spacial score (nSPS) is 12.5. The number of pyridine rings is 1. The first kappa shape index (κ1) is 13.3. The van der Waals surface area contributed by atoms with Gasteiger partial charge < -0.3 is 5.73 Å². The van der Waals surface area contributed by atoms with Crippen molar-refractivity contribution in [2.75, 3.05) is 0 Å². The summed E-state index contributed by atoms with van der Waals surface area (Å²) in [5.41, 5.74) is 10.2. The highest BCUT2D eigenvalue weighted by atomic mass is 35.5. The number of benzene rings is 1. The van der Waals surface area contributed by atoms with E-state index in [2.05, 4.69) is 11.1 Å². The largest absolute Gasteiger partial charge is 0.319 e. The minimum absolute atomic E-state index is 0.291. The van der Waals surface area contributed by atoms with Crippen LogP contribution in [0.1, 0.15) is 28.4 Å². The summed E-state index contributed by atoms with van der Waals surface area (Å²) >= 11 is 11.9. The van der Waals surface area contributed by atoms with Gasteiger partial charge in [0.2, 0.25) is 0 Å². The van der Waals surface area contributed by atoms with Gasteiger partial charge in [-0.25, -0.2) is 0 Å². The Morgan fingerprint density at radius 1 is 1.11 bits per heavy atom. The fourth-order valence-corrected chi connectivity index (χ4v) is 2.22. The maximum Gasteiger partial charge on any atom is 0.0729 e. The molecule has 1 atom stereocenters. The van der Waals surface area contributed by atoms with Crippen molar-refractivity contribution in [1.29, 1.82) is 0 Å². The number of aromatic nitrogens is 1. The smallest absolute Gasteiger partial charge is 0.0729 e. The van der Waals surface area contributed by atoms with Crippen molar-refractivity contribution in [3.63, 3.8) is 0 Å². The quantitative estimate of drug-likeness (QED) is 0.901. The van der Waals surface area contributed by atoms with Crippen LogP contribution in [0.2, 0.25) is 10.0 Å². The molecule has 2 rings (SSSR count). The first-order valence-corrected chi connectivity index (χ1v) is 6.38.